The van der Waals surface area contributed by atoms with E-state index in [-0.39, 0.29) is 41.2 Å². The first-order valence-corrected chi connectivity index (χ1v) is 9.92. The fourth-order valence-corrected chi connectivity index (χ4v) is 3.16. The number of nitrogens with one attached hydrogen (secondary N) is 3. The molecular formula is C23H31IN4O. The van der Waals surface area contributed by atoms with E-state index in [0.717, 1.165) is 23.8 Å². The molecule has 0 saturated heterocycles. The number of anilines is 1. The summed E-state index contributed by atoms with van der Waals surface area (Å²) in [5.74, 6) is 0.809. The minimum absolute atomic E-state index is 0. The van der Waals surface area contributed by atoms with E-state index in [2.05, 4.69) is 51.3 Å². The SMILES string of the molecule is CN=C(NCc1ccc(NC(=O)C(C)C)cc1)NCC1(c2ccccc2)CC1.I. The zero-order valence-electron chi connectivity index (χ0n) is 17.4. The molecule has 156 valence electrons. The summed E-state index contributed by atoms with van der Waals surface area (Å²) in [6.45, 7) is 5.33. The Morgan fingerprint density at radius 3 is 2.24 bits per heavy atom. The average molecular weight is 506 g/mol. The fourth-order valence-electron chi connectivity index (χ4n) is 3.16. The van der Waals surface area contributed by atoms with Crippen molar-refractivity contribution in [2.75, 3.05) is 18.9 Å². The molecule has 1 fully saturated rings. The largest absolute Gasteiger partial charge is 0.356 e. The molecule has 6 heteroatoms. The summed E-state index contributed by atoms with van der Waals surface area (Å²) in [5, 5.41) is 9.75. The Kier molecular flexibility index (Phi) is 8.49. The Morgan fingerprint density at radius 1 is 1.03 bits per heavy atom. The molecule has 3 N–H and O–H groups in total. The first kappa shape index (κ1) is 23.2. The topological polar surface area (TPSA) is 65.5 Å². The van der Waals surface area contributed by atoms with E-state index < -0.39 is 0 Å². The summed E-state index contributed by atoms with van der Waals surface area (Å²) in [7, 11) is 1.79. The number of halogens is 1. The third-order valence-corrected chi connectivity index (χ3v) is 5.26. The lowest BCUT2D eigenvalue weighted by atomic mass is 9.96. The van der Waals surface area contributed by atoms with Crippen LogP contribution in [0.4, 0.5) is 5.69 Å². The van der Waals surface area contributed by atoms with Crippen molar-refractivity contribution < 1.29 is 4.79 Å². The summed E-state index contributed by atoms with van der Waals surface area (Å²) in [6, 6.07) is 18.6. The van der Waals surface area contributed by atoms with E-state index in [4.69, 9.17) is 0 Å². The van der Waals surface area contributed by atoms with Crippen molar-refractivity contribution in [1.29, 1.82) is 0 Å². The maximum Gasteiger partial charge on any atom is 0.226 e. The third-order valence-electron chi connectivity index (χ3n) is 5.26. The molecule has 0 spiro atoms. The van der Waals surface area contributed by atoms with E-state index in [1.165, 1.54) is 18.4 Å². The lowest BCUT2D eigenvalue weighted by Gasteiger charge is -2.19. The summed E-state index contributed by atoms with van der Waals surface area (Å²) in [5.41, 5.74) is 3.60. The molecule has 29 heavy (non-hydrogen) atoms. The van der Waals surface area contributed by atoms with Crippen LogP contribution in [0.2, 0.25) is 0 Å². The summed E-state index contributed by atoms with van der Waals surface area (Å²) >= 11 is 0. The lowest BCUT2D eigenvalue weighted by Crippen LogP contribution is -2.40. The van der Waals surface area contributed by atoms with Gasteiger partial charge in [0, 0.05) is 37.2 Å². The minimum Gasteiger partial charge on any atom is -0.356 e. The van der Waals surface area contributed by atoms with Crippen molar-refractivity contribution in [3.05, 3.63) is 65.7 Å². The quantitative estimate of drug-likeness (QED) is 0.298. The van der Waals surface area contributed by atoms with Crippen LogP contribution < -0.4 is 16.0 Å². The highest BCUT2D eigenvalue weighted by Gasteiger charge is 2.43. The van der Waals surface area contributed by atoms with Crippen LogP contribution >= 0.6 is 24.0 Å². The molecule has 3 rings (SSSR count). The monoisotopic (exact) mass is 506 g/mol. The van der Waals surface area contributed by atoms with Crippen molar-refractivity contribution in [3.63, 3.8) is 0 Å². The highest BCUT2D eigenvalue weighted by molar-refractivity contribution is 14.0. The molecule has 5 nitrogen and oxygen atoms in total. The van der Waals surface area contributed by atoms with Crippen LogP contribution in [0.5, 0.6) is 0 Å². The Morgan fingerprint density at radius 2 is 1.69 bits per heavy atom. The van der Waals surface area contributed by atoms with Gasteiger partial charge in [-0.25, -0.2) is 0 Å². The van der Waals surface area contributed by atoms with Gasteiger partial charge in [-0.15, -0.1) is 24.0 Å². The number of benzene rings is 2. The first-order chi connectivity index (χ1) is 13.5. The van der Waals surface area contributed by atoms with E-state index in [1.54, 1.807) is 7.05 Å². The van der Waals surface area contributed by atoms with E-state index in [1.807, 2.05) is 38.1 Å². The van der Waals surface area contributed by atoms with Crippen molar-refractivity contribution in [2.24, 2.45) is 10.9 Å². The molecule has 1 saturated carbocycles. The maximum absolute atomic E-state index is 11.8. The van der Waals surface area contributed by atoms with Crippen molar-refractivity contribution in [3.8, 4) is 0 Å². The molecule has 0 atom stereocenters. The van der Waals surface area contributed by atoms with E-state index >= 15 is 0 Å². The Bertz CT molecular complexity index is 815. The Balaban J connectivity index is 0.00000300. The van der Waals surface area contributed by atoms with Gasteiger partial charge in [-0.05, 0) is 36.1 Å². The van der Waals surface area contributed by atoms with Gasteiger partial charge in [-0.1, -0.05) is 56.3 Å². The first-order valence-electron chi connectivity index (χ1n) is 9.92. The standard InChI is InChI=1S/C23H30N4O.HI/c1-17(2)21(28)27-20-11-9-18(10-12-20)15-25-22(24-3)26-16-23(13-14-23)19-7-5-4-6-8-19;/h4-12,17H,13-16H2,1-3H3,(H,27,28)(H2,24,25,26);1H. The predicted molar refractivity (Wildman–Crippen MR) is 131 cm³/mol. The summed E-state index contributed by atoms with van der Waals surface area (Å²) in [6.07, 6.45) is 2.43. The average Bonchev–Trinajstić information content (AvgIpc) is 3.51. The Labute approximate surface area is 190 Å². The van der Waals surface area contributed by atoms with Gasteiger partial charge in [0.25, 0.3) is 0 Å². The zero-order valence-corrected chi connectivity index (χ0v) is 19.7. The van der Waals surface area contributed by atoms with Crippen molar-refractivity contribution >= 4 is 41.5 Å². The normalized spacial score (nSPS) is 14.7. The van der Waals surface area contributed by atoms with Gasteiger partial charge in [-0.3, -0.25) is 9.79 Å². The number of nitrogens with zero attached hydrogens (tertiary/aromatic N) is 1. The van der Waals surface area contributed by atoms with Crippen LogP contribution in [0.3, 0.4) is 0 Å². The molecule has 2 aromatic rings. The van der Waals surface area contributed by atoms with Crippen LogP contribution in [-0.4, -0.2) is 25.5 Å². The molecule has 0 heterocycles. The van der Waals surface area contributed by atoms with E-state index in [9.17, 15) is 4.79 Å². The number of carbonyl (C=O) groups is 1. The van der Waals surface area contributed by atoms with Crippen LogP contribution in [0, 0.1) is 5.92 Å². The van der Waals surface area contributed by atoms with Gasteiger partial charge in [0.2, 0.25) is 5.91 Å². The van der Waals surface area contributed by atoms with Gasteiger partial charge in [-0.2, -0.15) is 0 Å². The van der Waals surface area contributed by atoms with Gasteiger partial charge in [0.1, 0.15) is 0 Å². The Hall–Kier alpha value is -2.09. The van der Waals surface area contributed by atoms with Gasteiger partial charge >= 0.3 is 0 Å². The second-order valence-electron chi connectivity index (χ2n) is 7.77. The van der Waals surface area contributed by atoms with Crippen LogP contribution in [-0.2, 0) is 16.8 Å². The molecule has 2 aromatic carbocycles. The van der Waals surface area contributed by atoms with Gasteiger partial charge in [0.15, 0.2) is 5.96 Å². The van der Waals surface area contributed by atoms with E-state index in [0.29, 0.717) is 6.54 Å². The summed E-state index contributed by atoms with van der Waals surface area (Å²) in [4.78, 5) is 16.1. The molecule has 0 unspecified atom stereocenters. The minimum atomic E-state index is -0.0265. The summed E-state index contributed by atoms with van der Waals surface area (Å²) < 4.78 is 0. The molecule has 1 amide bonds. The molecular weight excluding hydrogens is 475 g/mol. The third kappa shape index (κ3) is 6.45. The molecule has 0 bridgehead atoms. The number of carbonyl (C=O) groups excluding carboxylic acids is 1. The zero-order chi connectivity index (χ0) is 20.0. The van der Waals surface area contributed by atoms with Crippen LogP contribution in [0.1, 0.15) is 37.8 Å². The van der Waals surface area contributed by atoms with Crippen LogP contribution in [0.25, 0.3) is 0 Å². The smallest absolute Gasteiger partial charge is 0.226 e. The predicted octanol–water partition coefficient (Wildman–Crippen LogP) is 4.30. The highest BCUT2D eigenvalue weighted by Crippen LogP contribution is 2.47. The second-order valence-corrected chi connectivity index (χ2v) is 7.77. The van der Waals surface area contributed by atoms with Crippen molar-refractivity contribution in [1.82, 2.24) is 10.6 Å². The second kappa shape index (κ2) is 10.6. The van der Waals surface area contributed by atoms with Gasteiger partial charge in [0.05, 0.1) is 0 Å². The maximum atomic E-state index is 11.8. The number of guanidine groups is 1. The van der Waals surface area contributed by atoms with Crippen molar-refractivity contribution in [2.45, 2.75) is 38.6 Å². The number of hydrogen-bond acceptors (Lipinski definition) is 2. The molecule has 0 aliphatic heterocycles. The number of aliphatic imine (C=N–C) groups is 1. The molecule has 0 aromatic heterocycles. The molecule has 1 aliphatic rings. The lowest BCUT2D eigenvalue weighted by molar-refractivity contribution is -0.118. The molecule has 1 aliphatic carbocycles. The molecule has 0 radical (unpaired) electrons. The fraction of sp³-hybridized carbons (Fsp3) is 0.391. The van der Waals surface area contributed by atoms with Gasteiger partial charge < -0.3 is 16.0 Å². The number of rotatable bonds is 7. The highest BCUT2D eigenvalue weighted by atomic mass is 127. The van der Waals surface area contributed by atoms with Crippen LogP contribution in [0.15, 0.2) is 59.6 Å². The number of hydrogen-bond donors (Lipinski definition) is 3. The number of amides is 1.